The number of nitrogens with one attached hydrogen (secondary N) is 2. The number of unbranched alkanes of at least 4 members (excludes halogenated alkanes) is 1. The van der Waals surface area contributed by atoms with Gasteiger partial charge in [0.2, 0.25) is 11.8 Å². The van der Waals surface area contributed by atoms with Gasteiger partial charge in [-0.2, -0.15) is 0 Å². The van der Waals surface area contributed by atoms with Crippen LogP contribution in [0.2, 0.25) is 0 Å². The highest BCUT2D eigenvalue weighted by molar-refractivity contribution is 7.98. The molecule has 0 radical (unpaired) electrons. The molecule has 2 atom stereocenters. The summed E-state index contributed by atoms with van der Waals surface area (Å²) in [7, 11) is 0.352. The largest absolute Gasteiger partial charge is 0.469 e. The molecule has 0 aliphatic heterocycles. The zero-order valence-corrected chi connectivity index (χ0v) is 29.5. The SMILES string of the molecule is COC(=O)CCC(=O)C(CSN=O)NC(=O)CCC(NC(=O)CCCC[P+](c1ccccc1)(c1ccccc1)c1ccccc1)C(=O)OC. The van der Waals surface area contributed by atoms with E-state index in [2.05, 4.69) is 92.7 Å². The summed E-state index contributed by atoms with van der Waals surface area (Å²) in [6.07, 6.45) is 1.70. The zero-order valence-electron chi connectivity index (χ0n) is 27.7. The van der Waals surface area contributed by atoms with Gasteiger partial charge < -0.3 is 20.1 Å². The quantitative estimate of drug-likeness (QED) is 0.0549. The molecule has 0 aromatic heterocycles. The molecular formula is C36H43N3O8PS+. The first-order valence-corrected chi connectivity index (χ1v) is 18.9. The average molecular weight is 709 g/mol. The van der Waals surface area contributed by atoms with Crippen LogP contribution in [0.3, 0.4) is 0 Å². The Morgan fingerprint density at radius 3 is 1.67 bits per heavy atom. The lowest BCUT2D eigenvalue weighted by molar-refractivity contribution is -0.145. The number of nitroso groups, excluding NO2 is 1. The minimum atomic E-state index is -2.04. The summed E-state index contributed by atoms with van der Waals surface area (Å²) >= 11 is 0.563. The van der Waals surface area contributed by atoms with Crippen molar-refractivity contribution in [2.24, 2.45) is 4.58 Å². The number of ketones is 1. The number of hydrogen-bond acceptors (Lipinski definition) is 10. The maximum atomic E-state index is 13.1. The van der Waals surface area contributed by atoms with E-state index in [-0.39, 0.29) is 43.8 Å². The minimum Gasteiger partial charge on any atom is -0.469 e. The van der Waals surface area contributed by atoms with E-state index in [1.807, 2.05) is 18.2 Å². The standard InChI is InChI=1S/C36H42N3O8PS/c1-46-35(43)24-22-32(40)31(26-49-39-45)38-34(42)23-21-30(36(44)47-2)37-33(41)20-12-13-25-48(27-14-6-3-7-15-27,28-16-8-4-9-17-28)29-18-10-5-11-19-29/h3-11,14-19,30-31H,12-13,20-26H2,1-2H3,(H-,37,38,41,42)/p+1. The summed E-state index contributed by atoms with van der Waals surface area (Å²) in [6, 6.07) is 29.3. The molecule has 0 spiro atoms. The fraction of sp³-hybridized carbons (Fsp3) is 0.361. The molecule has 0 fully saturated rings. The first-order chi connectivity index (χ1) is 23.7. The van der Waals surface area contributed by atoms with Gasteiger partial charge in [-0.25, -0.2) is 4.79 Å². The van der Waals surface area contributed by atoms with Gasteiger partial charge in [0.1, 0.15) is 29.2 Å². The Morgan fingerprint density at radius 1 is 0.673 bits per heavy atom. The van der Waals surface area contributed by atoms with Crippen LogP contribution < -0.4 is 26.5 Å². The van der Waals surface area contributed by atoms with E-state index in [1.165, 1.54) is 30.1 Å². The number of ether oxygens (including phenoxy) is 2. The minimum absolute atomic E-state index is 0.0724. The molecular weight excluding hydrogens is 665 g/mol. The molecule has 2 unspecified atom stereocenters. The fourth-order valence-corrected chi connectivity index (χ4v) is 10.4. The first kappa shape index (κ1) is 39.0. The number of hydrogen-bond donors (Lipinski definition) is 2. The fourth-order valence-electron chi connectivity index (χ4n) is 5.54. The number of nitrogens with zero attached hydrogens (tertiary/aromatic N) is 1. The van der Waals surface area contributed by atoms with Gasteiger partial charge in [0.15, 0.2) is 5.78 Å². The Morgan fingerprint density at radius 2 is 1.18 bits per heavy atom. The van der Waals surface area contributed by atoms with Gasteiger partial charge in [0.05, 0.1) is 32.8 Å². The third-order valence-corrected chi connectivity index (χ3v) is 13.2. The summed E-state index contributed by atoms with van der Waals surface area (Å²) in [6.45, 7) is 0. The van der Waals surface area contributed by atoms with Gasteiger partial charge in [0.25, 0.3) is 0 Å². The van der Waals surface area contributed by atoms with E-state index in [0.717, 1.165) is 12.6 Å². The van der Waals surface area contributed by atoms with Gasteiger partial charge in [0, 0.05) is 41.5 Å². The van der Waals surface area contributed by atoms with Crippen LogP contribution in [0.1, 0.15) is 44.9 Å². The predicted octanol–water partition coefficient (Wildman–Crippen LogP) is 4.01. The highest BCUT2D eigenvalue weighted by Crippen LogP contribution is 2.55. The van der Waals surface area contributed by atoms with Crippen molar-refractivity contribution in [3.05, 3.63) is 95.9 Å². The lowest BCUT2D eigenvalue weighted by atomic mass is 10.1. The maximum Gasteiger partial charge on any atom is 0.328 e. The molecule has 0 aliphatic carbocycles. The third kappa shape index (κ3) is 11.9. The molecule has 3 aromatic carbocycles. The van der Waals surface area contributed by atoms with Gasteiger partial charge in [-0.3, -0.25) is 19.2 Å². The van der Waals surface area contributed by atoms with E-state index < -0.39 is 43.0 Å². The number of esters is 2. The van der Waals surface area contributed by atoms with Crippen LogP contribution in [-0.4, -0.2) is 67.8 Å². The van der Waals surface area contributed by atoms with Crippen molar-refractivity contribution in [3.63, 3.8) is 0 Å². The van der Waals surface area contributed by atoms with Gasteiger partial charge in [-0.1, -0.05) is 54.6 Å². The Balaban J connectivity index is 1.62. The molecule has 0 saturated carbocycles. The Kier molecular flexibility index (Phi) is 16.6. The van der Waals surface area contributed by atoms with Crippen LogP contribution in [-0.2, 0) is 33.4 Å². The van der Waals surface area contributed by atoms with Crippen molar-refractivity contribution >= 4 is 64.7 Å². The van der Waals surface area contributed by atoms with Crippen molar-refractivity contribution in [3.8, 4) is 0 Å². The van der Waals surface area contributed by atoms with Crippen molar-refractivity contribution in [2.45, 2.75) is 57.0 Å². The lowest BCUT2D eigenvalue weighted by Crippen LogP contribution is -2.45. The Labute approximate surface area is 291 Å². The molecule has 0 aliphatic rings. The molecule has 0 heterocycles. The van der Waals surface area contributed by atoms with Gasteiger partial charge in [-0.15, -0.1) is 4.91 Å². The van der Waals surface area contributed by atoms with E-state index in [0.29, 0.717) is 18.4 Å². The number of carbonyl (C=O) groups excluding carboxylic acids is 5. The average Bonchev–Trinajstić information content (AvgIpc) is 3.14. The number of carbonyl (C=O) groups is 5. The highest BCUT2D eigenvalue weighted by Gasteiger charge is 2.44. The molecule has 3 rings (SSSR count). The molecule has 0 bridgehead atoms. The molecule has 2 N–H and O–H groups in total. The second kappa shape index (κ2) is 20.8. The van der Waals surface area contributed by atoms with E-state index in [4.69, 9.17) is 4.74 Å². The number of methoxy groups -OCH3 is 2. The maximum absolute atomic E-state index is 13.1. The lowest BCUT2D eigenvalue weighted by Gasteiger charge is -2.27. The first-order valence-electron chi connectivity index (χ1n) is 16.0. The monoisotopic (exact) mass is 708 g/mol. The number of rotatable bonds is 21. The number of Topliss-reactive ketones (excluding diaryl/α,β-unsaturated/α-hetero) is 1. The topological polar surface area (TPSA) is 157 Å². The van der Waals surface area contributed by atoms with Crippen LogP contribution in [0.15, 0.2) is 95.6 Å². The van der Waals surface area contributed by atoms with Crippen LogP contribution in [0.5, 0.6) is 0 Å². The molecule has 3 aromatic rings. The zero-order chi connectivity index (χ0) is 35.5. The molecule has 2 amide bonds. The van der Waals surface area contributed by atoms with Gasteiger partial charge >= 0.3 is 11.9 Å². The van der Waals surface area contributed by atoms with Gasteiger partial charge in [-0.05, 0) is 55.7 Å². The smallest absolute Gasteiger partial charge is 0.328 e. The summed E-state index contributed by atoms with van der Waals surface area (Å²) in [5.41, 5.74) is 0. The summed E-state index contributed by atoms with van der Waals surface area (Å²) < 4.78 is 12.1. The van der Waals surface area contributed by atoms with E-state index >= 15 is 0 Å². The van der Waals surface area contributed by atoms with Crippen LogP contribution in [0, 0.1) is 4.91 Å². The summed E-state index contributed by atoms with van der Waals surface area (Å²) in [4.78, 5) is 72.9. The van der Waals surface area contributed by atoms with Crippen LogP contribution in [0.4, 0.5) is 0 Å². The van der Waals surface area contributed by atoms with Crippen LogP contribution >= 0.6 is 19.2 Å². The Hall–Kier alpha value is -4.41. The van der Waals surface area contributed by atoms with Crippen LogP contribution in [0.25, 0.3) is 0 Å². The second-order valence-corrected chi connectivity index (χ2v) is 15.6. The van der Waals surface area contributed by atoms with Crippen molar-refractivity contribution in [2.75, 3.05) is 26.1 Å². The molecule has 49 heavy (non-hydrogen) atoms. The summed E-state index contributed by atoms with van der Waals surface area (Å²) in [5.74, 6) is -2.78. The normalized spacial score (nSPS) is 12.2. The van der Waals surface area contributed by atoms with E-state index in [1.54, 1.807) is 0 Å². The summed E-state index contributed by atoms with van der Waals surface area (Å²) in [5, 5.41) is 9.01. The Bertz CT molecular complexity index is 1430. The molecule has 11 nitrogen and oxygen atoms in total. The van der Waals surface area contributed by atoms with Crippen molar-refractivity contribution in [1.82, 2.24) is 10.6 Å². The molecule has 0 saturated heterocycles. The number of amides is 2. The number of benzene rings is 3. The van der Waals surface area contributed by atoms with Crippen molar-refractivity contribution in [1.29, 1.82) is 0 Å². The van der Waals surface area contributed by atoms with Crippen molar-refractivity contribution < 1.29 is 33.4 Å². The predicted molar refractivity (Wildman–Crippen MR) is 193 cm³/mol. The second-order valence-electron chi connectivity index (χ2n) is 11.2. The highest BCUT2D eigenvalue weighted by atomic mass is 32.2. The molecule has 260 valence electrons. The molecule has 13 heteroatoms. The van der Waals surface area contributed by atoms with E-state index in [9.17, 15) is 28.9 Å². The third-order valence-electron chi connectivity index (χ3n) is 8.04.